The van der Waals surface area contributed by atoms with Gasteiger partial charge in [-0.25, -0.2) is 0 Å². The summed E-state index contributed by atoms with van der Waals surface area (Å²) in [5.41, 5.74) is 1.33. The molecule has 1 rings (SSSR count). The van der Waals surface area contributed by atoms with E-state index in [0.717, 1.165) is 5.75 Å². The molecule has 0 spiro atoms. The second-order valence-corrected chi connectivity index (χ2v) is 3.87. The number of methoxy groups -OCH3 is 1. The molecule has 0 bridgehead atoms. The largest absolute Gasteiger partial charge is 1.00 e. The minimum absolute atomic E-state index is 0. The normalized spacial score (nSPS) is 10.5. The number of benzene rings is 1. The van der Waals surface area contributed by atoms with Crippen molar-refractivity contribution in [3.63, 3.8) is 0 Å². The molecule has 0 fully saturated rings. The molecule has 0 saturated carbocycles. The summed E-state index contributed by atoms with van der Waals surface area (Å²) >= 11 is 0. The van der Waals surface area contributed by atoms with E-state index in [0.29, 0.717) is 0 Å². The van der Waals surface area contributed by atoms with Crippen LogP contribution in [0.3, 0.4) is 0 Å². The van der Waals surface area contributed by atoms with Gasteiger partial charge in [-0.3, -0.25) is 0 Å². The standard InChI is InChI=1S/C11H15O.Li/c1-11(2,3)9-7-5-6-8-10(9)12-4;/h5-7H,1-4H3;/q-1;+1. The van der Waals surface area contributed by atoms with Gasteiger partial charge in [0.15, 0.2) is 0 Å². The van der Waals surface area contributed by atoms with E-state index in [2.05, 4.69) is 32.9 Å². The van der Waals surface area contributed by atoms with E-state index in [1.54, 1.807) is 7.11 Å². The van der Waals surface area contributed by atoms with Crippen LogP contribution in [0.4, 0.5) is 0 Å². The summed E-state index contributed by atoms with van der Waals surface area (Å²) < 4.78 is 5.22. The van der Waals surface area contributed by atoms with Gasteiger partial charge in [-0.2, -0.15) is 18.2 Å². The molecule has 2 heteroatoms. The van der Waals surface area contributed by atoms with Gasteiger partial charge in [-0.05, 0) is 0 Å². The molecule has 0 aromatic heterocycles. The van der Waals surface area contributed by atoms with Gasteiger partial charge in [0.2, 0.25) is 0 Å². The van der Waals surface area contributed by atoms with E-state index in [-0.39, 0.29) is 24.3 Å². The van der Waals surface area contributed by atoms with Crippen LogP contribution >= 0.6 is 0 Å². The van der Waals surface area contributed by atoms with Crippen LogP contribution in [0.5, 0.6) is 5.75 Å². The summed E-state index contributed by atoms with van der Waals surface area (Å²) in [5, 5.41) is 0. The van der Waals surface area contributed by atoms with Crippen LogP contribution < -0.4 is 23.6 Å². The van der Waals surface area contributed by atoms with Gasteiger partial charge in [0.05, 0.1) is 7.11 Å². The molecule has 0 radical (unpaired) electrons. The molecule has 1 aromatic rings. The van der Waals surface area contributed by atoms with Gasteiger partial charge in [0.25, 0.3) is 0 Å². The van der Waals surface area contributed by atoms with Crippen molar-refractivity contribution in [3.8, 4) is 5.75 Å². The third-order valence-electron chi connectivity index (χ3n) is 1.83. The fourth-order valence-corrected chi connectivity index (χ4v) is 1.18. The molecule has 0 aliphatic carbocycles. The zero-order valence-corrected chi connectivity index (χ0v) is 9.14. The summed E-state index contributed by atoms with van der Waals surface area (Å²) in [5.74, 6) is 0.852. The van der Waals surface area contributed by atoms with Gasteiger partial charge in [-0.15, -0.1) is 11.6 Å². The maximum absolute atomic E-state index is 5.22. The van der Waals surface area contributed by atoms with E-state index in [1.807, 2.05) is 12.1 Å². The van der Waals surface area contributed by atoms with Crippen LogP contribution in [-0.4, -0.2) is 7.11 Å². The van der Waals surface area contributed by atoms with Crippen molar-refractivity contribution in [1.29, 1.82) is 0 Å². The first-order valence-corrected chi connectivity index (χ1v) is 4.11. The second-order valence-electron chi connectivity index (χ2n) is 3.87. The fraction of sp³-hybridized carbons (Fsp3) is 0.455. The predicted octanol–water partition coefficient (Wildman–Crippen LogP) is -0.203. The van der Waals surface area contributed by atoms with Crippen molar-refractivity contribution in [2.24, 2.45) is 0 Å². The van der Waals surface area contributed by atoms with Crippen molar-refractivity contribution in [2.45, 2.75) is 26.2 Å². The molecule has 0 aliphatic heterocycles. The van der Waals surface area contributed by atoms with E-state index >= 15 is 0 Å². The molecule has 0 saturated heterocycles. The van der Waals surface area contributed by atoms with Crippen LogP contribution in [0.25, 0.3) is 0 Å². The first-order valence-electron chi connectivity index (χ1n) is 4.11. The quantitative estimate of drug-likeness (QED) is 0.419. The van der Waals surface area contributed by atoms with Crippen molar-refractivity contribution >= 4 is 0 Å². The monoisotopic (exact) mass is 170 g/mol. The van der Waals surface area contributed by atoms with Gasteiger partial charge < -0.3 is 4.74 Å². The Morgan fingerprint density at radius 1 is 1.31 bits per heavy atom. The van der Waals surface area contributed by atoms with Crippen molar-refractivity contribution in [1.82, 2.24) is 0 Å². The average Bonchev–Trinajstić information content (AvgIpc) is 2.03. The van der Waals surface area contributed by atoms with Gasteiger partial charge in [0.1, 0.15) is 0 Å². The number of rotatable bonds is 1. The van der Waals surface area contributed by atoms with E-state index in [4.69, 9.17) is 4.74 Å². The minimum atomic E-state index is 0. The predicted molar refractivity (Wildman–Crippen MR) is 50.5 cm³/mol. The Bertz CT molecular complexity index is 263. The molecule has 1 nitrogen and oxygen atoms in total. The maximum atomic E-state index is 5.22. The maximum Gasteiger partial charge on any atom is 1.00 e. The third kappa shape index (κ3) is 3.10. The zero-order chi connectivity index (χ0) is 9.19. The summed E-state index contributed by atoms with van der Waals surface area (Å²) in [6.45, 7) is 6.50. The zero-order valence-electron chi connectivity index (χ0n) is 9.14. The number of ether oxygens (including phenoxy) is 1. The molecule has 13 heavy (non-hydrogen) atoms. The van der Waals surface area contributed by atoms with Crippen LogP contribution in [0, 0.1) is 6.07 Å². The molecule has 0 heterocycles. The third-order valence-corrected chi connectivity index (χ3v) is 1.83. The molecule has 0 N–H and O–H groups in total. The van der Waals surface area contributed by atoms with Crippen molar-refractivity contribution in [3.05, 3.63) is 29.8 Å². The number of hydrogen-bond donors (Lipinski definition) is 0. The second kappa shape index (κ2) is 4.74. The molecule has 0 aliphatic rings. The number of para-hydroxylation sites is 1. The molecule has 66 valence electrons. The van der Waals surface area contributed by atoms with Crippen LogP contribution in [0.15, 0.2) is 18.2 Å². The van der Waals surface area contributed by atoms with Crippen LogP contribution in [0.1, 0.15) is 26.3 Å². The summed E-state index contributed by atoms with van der Waals surface area (Å²) in [6.07, 6.45) is 0. The Hall–Kier alpha value is -0.383. The summed E-state index contributed by atoms with van der Waals surface area (Å²) in [6, 6.07) is 9.01. The topological polar surface area (TPSA) is 9.23 Å². The first-order chi connectivity index (χ1) is 5.55. The van der Waals surface area contributed by atoms with Crippen molar-refractivity contribution in [2.75, 3.05) is 7.11 Å². The molecular weight excluding hydrogens is 155 g/mol. The molecule has 1 aromatic carbocycles. The molecule has 0 amide bonds. The molecule has 0 unspecified atom stereocenters. The van der Waals surface area contributed by atoms with Gasteiger partial charge in [-0.1, -0.05) is 26.2 Å². The van der Waals surface area contributed by atoms with Crippen molar-refractivity contribution < 1.29 is 23.6 Å². The Balaban J connectivity index is 0.00000144. The van der Waals surface area contributed by atoms with Crippen LogP contribution in [0.2, 0.25) is 0 Å². The Labute approximate surface area is 92.7 Å². The van der Waals surface area contributed by atoms with Crippen LogP contribution in [-0.2, 0) is 5.41 Å². The molecular formula is C11H15LiO. The average molecular weight is 170 g/mol. The summed E-state index contributed by atoms with van der Waals surface area (Å²) in [4.78, 5) is 0. The summed E-state index contributed by atoms with van der Waals surface area (Å²) in [7, 11) is 1.68. The molecule has 0 atom stereocenters. The SMILES string of the molecule is COc1[c-]cccc1C(C)(C)C.[Li+]. The van der Waals surface area contributed by atoms with Gasteiger partial charge in [0, 0.05) is 5.75 Å². The van der Waals surface area contributed by atoms with Gasteiger partial charge >= 0.3 is 18.9 Å². The smallest absolute Gasteiger partial charge is 0.522 e. The fourth-order valence-electron chi connectivity index (χ4n) is 1.18. The number of hydrogen-bond acceptors (Lipinski definition) is 1. The Morgan fingerprint density at radius 2 is 1.92 bits per heavy atom. The van der Waals surface area contributed by atoms with E-state index in [1.165, 1.54) is 5.56 Å². The first kappa shape index (κ1) is 12.6. The van der Waals surface area contributed by atoms with E-state index < -0.39 is 0 Å². The minimum Gasteiger partial charge on any atom is -0.522 e. The van der Waals surface area contributed by atoms with E-state index in [9.17, 15) is 0 Å². The Morgan fingerprint density at radius 3 is 2.31 bits per heavy atom. The Kier molecular flexibility index (Phi) is 4.60.